The van der Waals surface area contributed by atoms with Gasteiger partial charge in [-0.1, -0.05) is 43.3 Å². The first-order valence-electron chi connectivity index (χ1n) is 7.77. The second-order valence-electron chi connectivity index (χ2n) is 5.47. The van der Waals surface area contributed by atoms with Crippen LogP contribution < -0.4 is 4.90 Å². The Morgan fingerprint density at radius 2 is 1.86 bits per heavy atom. The number of nitrogens with zero attached hydrogens (tertiary/aromatic N) is 1. The van der Waals surface area contributed by atoms with Crippen LogP contribution in [-0.4, -0.2) is 18.2 Å². The van der Waals surface area contributed by atoms with Gasteiger partial charge in [0.15, 0.2) is 0 Å². The lowest BCUT2D eigenvalue weighted by molar-refractivity contribution is 0.480. The van der Waals surface area contributed by atoms with Crippen LogP contribution in [-0.2, 0) is 6.42 Å². The molecule has 3 aromatic rings. The summed E-state index contributed by atoms with van der Waals surface area (Å²) in [7, 11) is 0. The van der Waals surface area contributed by atoms with E-state index in [2.05, 4.69) is 35.4 Å². The molecule has 0 saturated carbocycles. The van der Waals surface area contributed by atoms with Gasteiger partial charge in [-0.25, -0.2) is 0 Å². The van der Waals surface area contributed by atoms with Gasteiger partial charge >= 0.3 is 0 Å². The molecule has 0 amide bonds. The molecule has 0 aliphatic heterocycles. The summed E-state index contributed by atoms with van der Waals surface area (Å²) in [4.78, 5) is 3.68. The van der Waals surface area contributed by atoms with Gasteiger partial charge in [0.1, 0.15) is 5.75 Å². The van der Waals surface area contributed by atoms with Crippen molar-refractivity contribution in [3.8, 4) is 5.75 Å². The third-order valence-electron chi connectivity index (χ3n) is 3.92. The van der Waals surface area contributed by atoms with Gasteiger partial charge in [-0.3, -0.25) is 0 Å². The van der Waals surface area contributed by atoms with Crippen molar-refractivity contribution in [2.24, 2.45) is 0 Å². The maximum Gasteiger partial charge on any atom is 0.146 e. The zero-order valence-electron chi connectivity index (χ0n) is 12.8. The molecule has 2 nitrogen and oxygen atoms in total. The van der Waals surface area contributed by atoms with Crippen LogP contribution in [0.4, 0.5) is 5.69 Å². The Bertz CT molecular complexity index is 736. The predicted octanol–water partition coefficient (Wildman–Crippen LogP) is 5.07. The molecule has 0 atom stereocenters. The number of anilines is 1. The Labute approximate surface area is 135 Å². The van der Waals surface area contributed by atoms with Gasteiger partial charge in [0, 0.05) is 23.4 Å². The molecule has 0 aliphatic rings. The zero-order valence-corrected chi connectivity index (χ0v) is 13.6. The molecular weight excluding hydrogens is 290 g/mol. The van der Waals surface area contributed by atoms with E-state index in [9.17, 15) is 5.11 Å². The first-order valence-corrected chi connectivity index (χ1v) is 8.65. The van der Waals surface area contributed by atoms with Crippen LogP contribution in [0.15, 0.2) is 53.9 Å². The van der Waals surface area contributed by atoms with Crippen LogP contribution in [0.25, 0.3) is 10.8 Å². The van der Waals surface area contributed by atoms with Crippen LogP contribution >= 0.6 is 11.3 Å². The Hall–Kier alpha value is -2.00. The standard InChI is InChI=1S/C19H21NOS/c1-2-12-20(13-11-16-7-5-14-22-16)18-10-9-15-6-3-4-8-17(15)19(18)21/h3-10,14,21H,2,11-13H2,1H3. The second kappa shape index (κ2) is 6.84. The van der Waals surface area contributed by atoms with Crippen LogP contribution in [0, 0.1) is 0 Å². The topological polar surface area (TPSA) is 23.5 Å². The Balaban J connectivity index is 1.88. The number of benzene rings is 2. The van der Waals surface area contributed by atoms with Gasteiger partial charge in [-0.15, -0.1) is 11.3 Å². The maximum atomic E-state index is 10.7. The lowest BCUT2D eigenvalue weighted by atomic mass is 10.1. The van der Waals surface area contributed by atoms with Gasteiger partial charge in [-0.05, 0) is 35.7 Å². The number of fused-ring (bicyclic) bond motifs is 1. The number of phenols is 1. The lowest BCUT2D eigenvalue weighted by Crippen LogP contribution is -2.26. The summed E-state index contributed by atoms with van der Waals surface area (Å²) < 4.78 is 0. The Morgan fingerprint density at radius 3 is 2.64 bits per heavy atom. The number of hydrogen-bond donors (Lipinski definition) is 1. The SMILES string of the molecule is CCCN(CCc1cccs1)c1ccc2ccccc2c1O. The fourth-order valence-electron chi connectivity index (χ4n) is 2.82. The van der Waals surface area contributed by atoms with Crippen molar-refractivity contribution in [2.75, 3.05) is 18.0 Å². The molecule has 0 aliphatic carbocycles. The van der Waals surface area contributed by atoms with Crippen LogP contribution in [0.5, 0.6) is 5.75 Å². The van der Waals surface area contributed by atoms with Gasteiger partial charge in [0.2, 0.25) is 0 Å². The molecule has 0 saturated heterocycles. The van der Waals surface area contributed by atoms with E-state index in [1.807, 2.05) is 30.3 Å². The number of phenolic OH excluding ortho intramolecular Hbond substituents is 1. The normalized spacial score (nSPS) is 11.0. The molecule has 1 heterocycles. The molecule has 0 radical (unpaired) electrons. The molecule has 0 bridgehead atoms. The van der Waals surface area contributed by atoms with Crippen molar-refractivity contribution in [1.29, 1.82) is 0 Å². The summed E-state index contributed by atoms with van der Waals surface area (Å²) in [6.07, 6.45) is 2.08. The summed E-state index contributed by atoms with van der Waals surface area (Å²) in [5.74, 6) is 0.401. The molecule has 2 aromatic carbocycles. The highest BCUT2D eigenvalue weighted by molar-refractivity contribution is 7.09. The summed E-state index contributed by atoms with van der Waals surface area (Å²) >= 11 is 1.80. The van der Waals surface area contributed by atoms with Gasteiger partial charge in [0.05, 0.1) is 5.69 Å². The summed E-state index contributed by atoms with van der Waals surface area (Å²) in [6.45, 7) is 4.06. The van der Waals surface area contributed by atoms with Gasteiger partial charge in [0.25, 0.3) is 0 Å². The average Bonchev–Trinajstić information content (AvgIpc) is 3.06. The quantitative estimate of drug-likeness (QED) is 0.687. The third kappa shape index (κ3) is 3.09. The van der Waals surface area contributed by atoms with E-state index >= 15 is 0 Å². The fourth-order valence-corrected chi connectivity index (χ4v) is 3.52. The summed E-state index contributed by atoms with van der Waals surface area (Å²) in [5.41, 5.74) is 0.942. The molecule has 0 unspecified atom stereocenters. The molecule has 114 valence electrons. The van der Waals surface area contributed by atoms with Crippen molar-refractivity contribution in [2.45, 2.75) is 19.8 Å². The van der Waals surface area contributed by atoms with Crippen molar-refractivity contribution in [3.63, 3.8) is 0 Å². The van der Waals surface area contributed by atoms with E-state index in [-0.39, 0.29) is 0 Å². The van der Waals surface area contributed by atoms with E-state index in [1.165, 1.54) is 4.88 Å². The second-order valence-corrected chi connectivity index (χ2v) is 6.50. The number of thiophene rings is 1. The minimum Gasteiger partial charge on any atom is -0.505 e. The Kier molecular flexibility index (Phi) is 4.64. The average molecular weight is 311 g/mol. The highest BCUT2D eigenvalue weighted by Gasteiger charge is 2.13. The van der Waals surface area contributed by atoms with E-state index in [4.69, 9.17) is 0 Å². The van der Waals surface area contributed by atoms with E-state index in [0.717, 1.165) is 42.4 Å². The molecule has 22 heavy (non-hydrogen) atoms. The fraction of sp³-hybridized carbons (Fsp3) is 0.263. The van der Waals surface area contributed by atoms with Crippen LogP contribution in [0.1, 0.15) is 18.2 Å². The number of rotatable bonds is 6. The van der Waals surface area contributed by atoms with E-state index < -0.39 is 0 Å². The molecule has 0 spiro atoms. The number of aromatic hydroxyl groups is 1. The van der Waals surface area contributed by atoms with E-state index in [1.54, 1.807) is 11.3 Å². The Morgan fingerprint density at radius 1 is 1.00 bits per heavy atom. The smallest absolute Gasteiger partial charge is 0.146 e. The van der Waals surface area contributed by atoms with Crippen molar-refractivity contribution < 1.29 is 5.11 Å². The van der Waals surface area contributed by atoms with E-state index in [0.29, 0.717) is 5.75 Å². The van der Waals surface area contributed by atoms with Gasteiger partial charge < -0.3 is 10.0 Å². The van der Waals surface area contributed by atoms with Crippen molar-refractivity contribution in [1.82, 2.24) is 0 Å². The largest absolute Gasteiger partial charge is 0.505 e. The molecule has 3 rings (SSSR count). The highest BCUT2D eigenvalue weighted by Crippen LogP contribution is 2.35. The molecule has 0 fully saturated rings. The van der Waals surface area contributed by atoms with Gasteiger partial charge in [-0.2, -0.15) is 0 Å². The molecule has 1 N–H and O–H groups in total. The molecule has 3 heteroatoms. The maximum absolute atomic E-state index is 10.7. The van der Waals surface area contributed by atoms with Crippen LogP contribution in [0.3, 0.4) is 0 Å². The minimum absolute atomic E-state index is 0.401. The lowest BCUT2D eigenvalue weighted by Gasteiger charge is -2.25. The minimum atomic E-state index is 0.401. The number of hydrogen-bond acceptors (Lipinski definition) is 3. The molecule has 1 aromatic heterocycles. The molecular formula is C19H21NOS. The highest BCUT2D eigenvalue weighted by atomic mass is 32.1. The summed E-state index contributed by atoms with van der Waals surface area (Å²) in [6, 6.07) is 16.4. The van der Waals surface area contributed by atoms with Crippen molar-refractivity contribution >= 4 is 27.8 Å². The monoisotopic (exact) mass is 311 g/mol. The first-order chi connectivity index (χ1) is 10.8. The van der Waals surface area contributed by atoms with Crippen LogP contribution in [0.2, 0.25) is 0 Å². The predicted molar refractivity (Wildman–Crippen MR) is 96.1 cm³/mol. The third-order valence-corrected chi connectivity index (χ3v) is 4.86. The first kappa shape index (κ1) is 14.9. The zero-order chi connectivity index (χ0) is 15.4. The van der Waals surface area contributed by atoms with Crippen molar-refractivity contribution in [3.05, 3.63) is 58.8 Å². The summed E-state index contributed by atoms with van der Waals surface area (Å²) in [5, 5.41) is 14.8.